The number of rotatable bonds is 14. The Morgan fingerprint density at radius 1 is 0.607 bits per heavy atom. The van der Waals surface area contributed by atoms with Crippen LogP contribution in [0, 0.1) is 0 Å². The minimum Gasteiger partial charge on any atom is -0.494 e. The van der Waals surface area contributed by atoms with Crippen molar-refractivity contribution in [3.8, 4) is 17.2 Å². The summed E-state index contributed by atoms with van der Waals surface area (Å²) in [5.74, 6) is 2.77. The molecule has 0 atom stereocenters. The van der Waals surface area contributed by atoms with Crippen molar-refractivity contribution in [2.75, 3.05) is 19.8 Å². The van der Waals surface area contributed by atoms with E-state index < -0.39 is 0 Å². The van der Waals surface area contributed by atoms with E-state index in [-0.39, 0.29) is 0 Å². The maximum atomic E-state index is 6.08. The zero-order chi connectivity index (χ0) is 20.0. The summed E-state index contributed by atoms with van der Waals surface area (Å²) in [5, 5.41) is 0. The fourth-order valence-corrected chi connectivity index (χ4v) is 2.82. The summed E-state index contributed by atoms with van der Waals surface area (Å²) in [6.45, 7) is 8.80. The second kappa shape index (κ2) is 13.1. The van der Waals surface area contributed by atoms with E-state index in [9.17, 15) is 0 Å². The van der Waals surface area contributed by atoms with Crippen LogP contribution in [0.3, 0.4) is 0 Å². The molecule has 0 heterocycles. The highest BCUT2D eigenvalue weighted by molar-refractivity contribution is 5.43. The standard InChI is InChI=1S/C25H36O3/c1-4-7-16-26-23-13-10-21(11-14-23)19-22-12-15-24(27-17-8-5-2)20-25(22)28-18-9-6-3/h10-15,20H,4-9,16-19H2,1-3H3. The molecule has 154 valence electrons. The van der Waals surface area contributed by atoms with Gasteiger partial charge in [-0.15, -0.1) is 0 Å². The summed E-state index contributed by atoms with van der Waals surface area (Å²) in [4.78, 5) is 0. The maximum Gasteiger partial charge on any atom is 0.126 e. The molecule has 28 heavy (non-hydrogen) atoms. The van der Waals surface area contributed by atoms with Gasteiger partial charge >= 0.3 is 0 Å². The normalized spacial score (nSPS) is 10.7. The number of hydrogen-bond acceptors (Lipinski definition) is 3. The lowest BCUT2D eigenvalue weighted by Gasteiger charge is -2.14. The van der Waals surface area contributed by atoms with Gasteiger partial charge in [0.2, 0.25) is 0 Å². The molecule has 0 unspecified atom stereocenters. The van der Waals surface area contributed by atoms with Crippen LogP contribution in [0.25, 0.3) is 0 Å². The summed E-state index contributed by atoms with van der Waals surface area (Å²) >= 11 is 0. The van der Waals surface area contributed by atoms with Gasteiger partial charge in [0.25, 0.3) is 0 Å². The predicted molar refractivity (Wildman–Crippen MR) is 117 cm³/mol. The van der Waals surface area contributed by atoms with Crippen LogP contribution in [-0.4, -0.2) is 19.8 Å². The number of ether oxygens (including phenoxy) is 3. The fraction of sp³-hybridized carbons (Fsp3) is 0.520. The Morgan fingerprint density at radius 2 is 1.14 bits per heavy atom. The van der Waals surface area contributed by atoms with Crippen molar-refractivity contribution in [2.24, 2.45) is 0 Å². The zero-order valence-corrected chi connectivity index (χ0v) is 17.8. The summed E-state index contributed by atoms with van der Waals surface area (Å²) < 4.78 is 17.7. The van der Waals surface area contributed by atoms with E-state index in [1.807, 2.05) is 6.07 Å². The molecule has 2 aromatic rings. The first-order valence-electron chi connectivity index (χ1n) is 10.9. The van der Waals surface area contributed by atoms with E-state index in [0.29, 0.717) is 0 Å². The van der Waals surface area contributed by atoms with E-state index in [1.165, 1.54) is 11.1 Å². The third-order valence-electron chi connectivity index (χ3n) is 4.65. The van der Waals surface area contributed by atoms with Crippen LogP contribution in [0.2, 0.25) is 0 Å². The molecule has 0 spiro atoms. The molecule has 3 nitrogen and oxygen atoms in total. The minimum atomic E-state index is 0.742. The molecule has 0 saturated heterocycles. The Balaban J connectivity index is 2.04. The van der Waals surface area contributed by atoms with Gasteiger partial charge in [0, 0.05) is 12.5 Å². The van der Waals surface area contributed by atoms with E-state index in [1.54, 1.807) is 0 Å². The van der Waals surface area contributed by atoms with Crippen LogP contribution in [-0.2, 0) is 6.42 Å². The van der Waals surface area contributed by atoms with Crippen LogP contribution in [0.4, 0.5) is 0 Å². The second-order valence-electron chi connectivity index (χ2n) is 7.20. The number of hydrogen-bond donors (Lipinski definition) is 0. The van der Waals surface area contributed by atoms with E-state index in [2.05, 4.69) is 57.2 Å². The van der Waals surface area contributed by atoms with Gasteiger partial charge < -0.3 is 14.2 Å². The molecule has 0 N–H and O–H groups in total. The minimum absolute atomic E-state index is 0.742. The van der Waals surface area contributed by atoms with Gasteiger partial charge in [0.05, 0.1) is 19.8 Å². The van der Waals surface area contributed by atoms with Crippen LogP contribution >= 0.6 is 0 Å². The van der Waals surface area contributed by atoms with Crippen molar-refractivity contribution in [2.45, 2.75) is 65.7 Å². The quantitative estimate of drug-likeness (QED) is 0.335. The van der Waals surface area contributed by atoms with E-state index in [0.717, 1.165) is 82.0 Å². The summed E-state index contributed by atoms with van der Waals surface area (Å²) in [6.07, 6.45) is 7.47. The number of benzene rings is 2. The smallest absolute Gasteiger partial charge is 0.126 e. The van der Waals surface area contributed by atoms with Crippen LogP contribution in [0.15, 0.2) is 42.5 Å². The molecule has 0 bridgehead atoms. The van der Waals surface area contributed by atoms with Crippen LogP contribution < -0.4 is 14.2 Å². The summed E-state index contributed by atoms with van der Waals surface area (Å²) in [7, 11) is 0. The van der Waals surface area contributed by atoms with Crippen molar-refractivity contribution in [1.82, 2.24) is 0 Å². The van der Waals surface area contributed by atoms with Gasteiger partial charge in [-0.05, 0) is 48.6 Å². The molecule has 0 radical (unpaired) electrons. The zero-order valence-electron chi connectivity index (χ0n) is 17.8. The van der Waals surface area contributed by atoms with Crippen LogP contribution in [0.5, 0.6) is 17.2 Å². The average Bonchev–Trinajstić information content (AvgIpc) is 2.71. The van der Waals surface area contributed by atoms with Gasteiger partial charge in [-0.25, -0.2) is 0 Å². The molecule has 0 aliphatic heterocycles. The highest BCUT2D eigenvalue weighted by Crippen LogP contribution is 2.28. The lowest BCUT2D eigenvalue weighted by molar-refractivity contribution is 0.292. The summed E-state index contributed by atoms with van der Waals surface area (Å²) in [5.41, 5.74) is 2.45. The summed E-state index contributed by atoms with van der Waals surface area (Å²) in [6, 6.07) is 14.6. The number of unbranched alkanes of at least 4 members (excludes halogenated alkanes) is 3. The second-order valence-corrected chi connectivity index (χ2v) is 7.20. The molecule has 0 aliphatic rings. The van der Waals surface area contributed by atoms with Crippen LogP contribution in [0.1, 0.15) is 70.4 Å². The molecule has 2 aromatic carbocycles. The largest absolute Gasteiger partial charge is 0.494 e. The molecule has 0 aliphatic carbocycles. The highest BCUT2D eigenvalue weighted by atomic mass is 16.5. The molecule has 0 saturated carbocycles. The Hall–Kier alpha value is -2.16. The maximum absolute atomic E-state index is 6.08. The molecule has 0 amide bonds. The molecular weight excluding hydrogens is 348 g/mol. The Kier molecular flexibility index (Phi) is 10.3. The van der Waals surface area contributed by atoms with Crippen molar-refractivity contribution in [3.63, 3.8) is 0 Å². The van der Waals surface area contributed by atoms with Gasteiger partial charge in [-0.2, -0.15) is 0 Å². The molecule has 0 aromatic heterocycles. The monoisotopic (exact) mass is 384 g/mol. The SMILES string of the molecule is CCCCOc1ccc(Cc2ccc(OCCCC)cc2OCCCC)cc1. The Morgan fingerprint density at radius 3 is 1.75 bits per heavy atom. The van der Waals surface area contributed by atoms with Gasteiger partial charge in [-0.1, -0.05) is 58.2 Å². The highest BCUT2D eigenvalue weighted by Gasteiger charge is 2.08. The third-order valence-corrected chi connectivity index (χ3v) is 4.65. The Bertz CT molecular complexity index is 664. The van der Waals surface area contributed by atoms with Crippen molar-refractivity contribution >= 4 is 0 Å². The predicted octanol–water partition coefficient (Wildman–Crippen LogP) is 6.81. The van der Waals surface area contributed by atoms with Gasteiger partial charge in [0.1, 0.15) is 17.2 Å². The van der Waals surface area contributed by atoms with E-state index in [4.69, 9.17) is 14.2 Å². The first kappa shape index (κ1) is 22.1. The molecule has 0 fully saturated rings. The third kappa shape index (κ3) is 7.84. The molecule has 3 heteroatoms. The average molecular weight is 385 g/mol. The lowest BCUT2D eigenvalue weighted by atomic mass is 10.0. The Labute approximate surface area is 171 Å². The van der Waals surface area contributed by atoms with Gasteiger partial charge in [0.15, 0.2) is 0 Å². The van der Waals surface area contributed by atoms with Crippen molar-refractivity contribution < 1.29 is 14.2 Å². The van der Waals surface area contributed by atoms with Gasteiger partial charge in [-0.3, -0.25) is 0 Å². The van der Waals surface area contributed by atoms with Crippen molar-refractivity contribution in [1.29, 1.82) is 0 Å². The lowest BCUT2D eigenvalue weighted by Crippen LogP contribution is -2.03. The van der Waals surface area contributed by atoms with E-state index >= 15 is 0 Å². The molecule has 2 rings (SSSR count). The molecular formula is C25H36O3. The van der Waals surface area contributed by atoms with Crippen molar-refractivity contribution in [3.05, 3.63) is 53.6 Å². The first-order valence-corrected chi connectivity index (χ1v) is 10.9. The topological polar surface area (TPSA) is 27.7 Å². The fourth-order valence-electron chi connectivity index (χ4n) is 2.82. The first-order chi connectivity index (χ1) is 13.8.